The lowest BCUT2D eigenvalue weighted by atomic mass is 10.0. The molecule has 1 aliphatic rings. The van der Waals surface area contributed by atoms with E-state index in [1.807, 2.05) is 0 Å². The van der Waals surface area contributed by atoms with Gasteiger partial charge in [0, 0.05) is 41.9 Å². The largest absolute Gasteiger partial charge is 0.506 e. The highest BCUT2D eigenvalue weighted by atomic mass is 79.9. The van der Waals surface area contributed by atoms with Crippen LogP contribution in [0.15, 0.2) is 39.3 Å². The van der Waals surface area contributed by atoms with Gasteiger partial charge in [-0.1, -0.05) is 15.9 Å². The Hall–Kier alpha value is -2.01. The van der Waals surface area contributed by atoms with Crippen molar-refractivity contribution >= 4 is 43.6 Å². The molecule has 0 saturated heterocycles. The summed E-state index contributed by atoms with van der Waals surface area (Å²) in [7, 11) is 1.44. The first-order valence-corrected chi connectivity index (χ1v) is 10.2. The minimum absolute atomic E-state index is 0.0888. The molecule has 0 aliphatic carbocycles. The maximum Gasteiger partial charge on any atom is 0.412 e. The Morgan fingerprint density at radius 2 is 2.00 bits per heavy atom. The Balaban J connectivity index is 1.84. The molecule has 0 bridgehead atoms. The van der Waals surface area contributed by atoms with Gasteiger partial charge in [-0.25, -0.2) is 4.79 Å². The lowest BCUT2D eigenvalue weighted by molar-refractivity contribution is -0.0314. The number of nitrogens with one attached hydrogen (secondary N) is 1. The molecule has 3 N–H and O–H groups in total. The van der Waals surface area contributed by atoms with Gasteiger partial charge in [0.2, 0.25) is 6.79 Å². The third-order valence-corrected chi connectivity index (χ3v) is 5.33. The van der Waals surface area contributed by atoms with Crippen LogP contribution in [0.5, 0.6) is 17.2 Å². The lowest BCUT2D eigenvalue weighted by Crippen LogP contribution is -2.29. The van der Waals surface area contributed by atoms with Crippen LogP contribution in [0.1, 0.15) is 18.1 Å². The van der Waals surface area contributed by atoms with E-state index >= 15 is 0 Å². The SMILES string of the molecule is CO[C@@H](CCO)[C@@H](OC(=O)Nc1ccc2c(c1)OCO2)c1cc(Br)cc(Br)c1O. The topological polar surface area (TPSA) is 106 Å². The lowest BCUT2D eigenvalue weighted by Gasteiger charge is -2.27. The zero-order valence-electron chi connectivity index (χ0n) is 15.4. The summed E-state index contributed by atoms with van der Waals surface area (Å²) < 4.78 is 22.6. The zero-order chi connectivity index (χ0) is 21.0. The van der Waals surface area contributed by atoms with Crippen molar-refractivity contribution in [1.29, 1.82) is 0 Å². The smallest absolute Gasteiger partial charge is 0.412 e. The zero-order valence-corrected chi connectivity index (χ0v) is 18.5. The molecule has 0 fully saturated rings. The summed E-state index contributed by atoms with van der Waals surface area (Å²) in [6.45, 7) is -0.0584. The second kappa shape index (κ2) is 9.66. The summed E-state index contributed by atoms with van der Waals surface area (Å²) >= 11 is 6.63. The molecule has 29 heavy (non-hydrogen) atoms. The molecule has 8 nitrogen and oxygen atoms in total. The Morgan fingerprint density at radius 1 is 1.24 bits per heavy atom. The number of methoxy groups -OCH3 is 1. The molecule has 1 aliphatic heterocycles. The van der Waals surface area contributed by atoms with Gasteiger partial charge in [0.15, 0.2) is 17.6 Å². The van der Waals surface area contributed by atoms with Crippen molar-refractivity contribution in [2.75, 3.05) is 25.8 Å². The summed E-state index contributed by atoms with van der Waals surface area (Å²) in [5.41, 5.74) is 0.779. The van der Waals surface area contributed by atoms with E-state index in [0.29, 0.717) is 31.7 Å². The van der Waals surface area contributed by atoms with Crippen molar-refractivity contribution in [1.82, 2.24) is 0 Å². The number of hydrogen-bond donors (Lipinski definition) is 3. The number of hydrogen-bond acceptors (Lipinski definition) is 7. The van der Waals surface area contributed by atoms with E-state index in [9.17, 15) is 15.0 Å². The first kappa shape index (κ1) is 21.7. The van der Waals surface area contributed by atoms with Crippen LogP contribution in [0.25, 0.3) is 0 Å². The Kier molecular flexibility index (Phi) is 7.23. The van der Waals surface area contributed by atoms with Crippen LogP contribution in [-0.4, -0.2) is 42.9 Å². The summed E-state index contributed by atoms with van der Waals surface area (Å²) in [4.78, 5) is 12.6. The number of anilines is 1. The number of amides is 1. The van der Waals surface area contributed by atoms with Gasteiger partial charge in [0.1, 0.15) is 11.9 Å². The number of aliphatic hydroxyl groups excluding tert-OH is 1. The van der Waals surface area contributed by atoms with Gasteiger partial charge in [-0.3, -0.25) is 5.32 Å². The van der Waals surface area contributed by atoms with Crippen LogP contribution in [0.3, 0.4) is 0 Å². The number of rotatable bonds is 7. The van der Waals surface area contributed by atoms with E-state index in [2.05, 4.69) is 37.2 Å². The minimum atomic E-state index is -0.977. The van der Waals surface area contributed by atoms with Crippen molar-refractivity contribution in [2.24, 2.45) is 0 Å². The number of carbonyl (C=O) groups is 1. The average Bonchev–Trinajstić information content (AvgIpc) is 3.15. The third kappa shape index (κ3) is 5.13. The fraction of sp³-hybridized carbons (Fsp3) is 0.316. The quantitative estimate of drug-likeness (QED) is 0.487. The summed E-state index contributed by atoms with van der Waals surface area (Å²) in [6, 6.07) is 8.24. The standard InChI is InChI=1S/C19H19Br2NO7/c1-26-15(4-5-23)18(12-6-10(20)7-13(21)17(12)24)29-19(25)22-11-2-3-14-16(8-11)28-9-27-14/h2-3,6-8,15,18,23-24H,4-5,9H2,1H3,(H,22,25)/t15-,18-/m0/s1. The molecule has 0 unspecified atom stereocenters. The maximum absolute atomic E-state index is 12.6. The third-order valence-electron chi connectivity index (χ3n) is 4.27. The normalized spacial score (nSPS) is 14.3. The Labute approximate surface area is 184 Å². The molecule has 2 aromatic rings. The number of fused-ring (bicyclic) bond motifs is 1. The first-order chi connectivity index (χ1) is 13.9. The van der Waals surface area contributed by atoms with Crippen LogP contribution in [0, 0.1) is 0 Å². The Bertz CT molecular complexity index is 893. The molecule has 3 rings (SSSR count). The van der Waals surface area contributed by atoms with E-state index < -0.39 is 18.3 Å². The van der Waals surface area contributed by atoms with Crippen molar-refractivity contribution in [3.05, 3.63) is 44.8 Å². The van der Waals surface area contributed by atoms with Crippen LogP contribution < -0.4 is 14.8 Å². The van der Waals surface area contributed by atoms with E-state index in [4.69, 9.17) is 18.9 Å². The van der Waals surface area contributed by atoms with Crippen LogP contribution in [0.4, 0.5) is 10.5 Å². The monoisotopic (exact) mass is 531 g/mol. The number of benzene rings is 2. The van der Waals surface area contributed by atoms with Gasteiger partial charge in [0.25, 0.3) is 0 Å². The molecule has 0 spiro atoms. The van der Waals surface area contributed by atoms with Gasteiger partial charge in [-0.05, 0) is 40.2 Å². The second-order valence-electron chi connectivity index (χ2n) is 6.13. The molecular formula is C19H19Br2NO7. The number of aromatic hydroxyl groups is 1. The summed E-state index contributed by atoms with van der Waals surface area (Å²) in [5.74, 6) is 1.02. The maximum atomic E-state index is 12.6. The average molecular weight is 533 g/mol. The molecule has 10 heteroatoms. The molecule has 0 saturated carbocycles. The number of halogens is 2. The van der Waals surface area contributed by atoms with Gasteiger partial charge in [-0.15, -0.1) is 0 Å². The summed E-state index contributed by atoms with van der Waals surface area (Å²) in [6.07, 6.45) is -2.23. The molecule has 156 valence electrons. The first-order valence-electron chi connectivity index (χ1n) is 8.61. The molecule has 0 aromatic heterocycles. The highest BCUT2D eigenvalue weighted by molar-refractivity contribution is 9.11. The van der Waals surface area contributed by atoms with Crippen LogP contribution in [0.2, 0.25) is 0 Å². The van der Waals surface area contributed by atoms with Crippen molar-refractivity contribution < 1.29 is 34.0 Å². The van der Waals surface area contributed by atoms with Crippen molar-refractivity contribution in [3.8, 4) is 17.2 Å². The molecule has 2 atom stereocenters. The molecule has 1 heterocycles. The minimum Gasteiger partial charge on any atom is -0.506 e. The van der Waals surface area contributed by atoms with Gasteiger partial charge < -0.3 is 29.2 Å². The fourth-order valence-electron chi connectivity index (χ4n) is 2.90. The van der Waals surface area contributed by atoms with Gasteiger partial charge in [0.05, 0.1) is 4.47 Å². The van der Waals surface area contributed by atoms with E-state index in [1.54, 1.807) is 30.3 Å². The number of phenolic OH excluding ortho intramolecular Hbond substituents is 1. The number of carbonyl (C=O) groups excluding carboxylic acids is 1. The number of ether oxygens (including phenoxy) is 4. The number of aliphatic hydroxyl groups is 1. The fourth-order valence-corrected chi connectivity index (χ4v) is 4.16. The van der Waals surface area contributed by atoms with Crippen molar-refractivity contribution in [2.45, 2.75) is 18.6 Å². The van der Waals surface area contributed by atoms with E-state index in [-0.39, 0.29) is 25.6 Å². The van der Waals surface area contributed by atoms with Gasteiger partial charge in [-0.2, -0.15) is 0 Å². The highest BCUT2D eigenvalue weighted by Crippen LogP contribution is 2.39. The second-order valence-corrected chi connectivity index (χ2v) is 7.90. The highest BCUT2D eigenvalue weighted by Gasteiger charge is 2.30. The molecule has 0 radical (unpaired) electrons. The van der Waals surface area contributed by atoms with Crippen LogP contribution in [-0.2, 0) is 9.47 Å². The van der Waals surface area contributed by atoms with Crippen LogP contribution >= 0.6 is 31.9 Å². The molecule has 2 aromatic carbocycles. The predicted molar refractivity (Wildman–Crippen MR) is 111 cm³/mol. The molecular weight excluding hydrogens is 514 g/mol. The van der Waals surface area contributed by atoms with Gasteiger partial charge >= 0.3 is 6.09 Å². The van der Waals surface area contributed by atoms with Crippen molar-refractivity contribution in [3.63, 3.8) is 0 Å². The van der Waals surface area contributed by atoms with E-state index in [1.165, 1.54) is 7.11 Å². The molecule has 1 amide bonds. The van der Waals surface area contributed by atoms with E-state index in [0.717, 1.165) is 0 Å². The predicted octanol–water partition coefficient (Wildman–Crippen LogP) is 4.33. The summed E-state index contributed by atoms with van der Waals surface area (Å²) in [5, 5.41) is 22.5. The Morgan fingerprint density at radius 3 is 2.72 bits per heavy atom. The number of phenols is 1.